The average molecular weight is 862 g/mol. The van der Waals surface area contributed by atoms with Gasteiger partial charge >= 0.3 is 0 Å². The summed E-state index contributed by atoms with van der Waals surface area (Å²) in [7, 11) is 0. The molecule has 0 heterocycles. The lowest BCUT2D eigenvalue weighted by Crippen LogP contribution is -2.25. The van der Waals surface area contributed by atoms with Crippen molar-refractivity contribution in [3.8, 4) is 55.6 Å². The SMILES string of the molecule is c1ccc(-c2cccc(N(c3ccc(-c4ccc5c(c4)C4(c6ccccc6-c6ccccc64)c4ccccc4-5)cc3)c3ccc(-c4ccc5c6ccccc6c6ccccc6c5c4)cc3)c2)cc1. The van der Waals surface area contributed by atoms with Crippen LogP contribution in [0.2, 0.25) is 0 Å². The van der Waals surface area contributed by atoms with Gasteiger partial charge in [-0.15, -0.1) is 0 Å². The van der Waals surface area contributed by atoms with Gasteiger partial charge in [0.05, 0.1) is 5.41 Å². The third-order valence-corrected chi connectivity index (χ3v) is 14.9. The summed E-state index contributed by atoms with van der Waals surface area (Å²) in [6.45, 7) is 0. The molecule has 0 fully saturated rings. The Kier molecular flexibility index (Phi) is 8.57. The van der Waals surface area contributed by atoms with E-state index in [-0.39, 0.29) is 5.41 Å². The Morgan fingerprint density at radius 3 is 1.15 bits per heavy atom. The predicted octanol–water partition coefficient (Wildman–Crippen LogP) is 18.0. The number of benzene rings is 12. The van der Waals surface area contributed by atoms with Crippen LogP contribution in [0.25, 0.3) is 88.0 Å². The van der Waals surface area contributed by atoms with Crippen molar-refractivity contribution in [3.05, 3.63) is 283 Å². The van der Waals surface area contributed by atoms with Crippen LogP contribution in [0.15, 0.2) is 261 Å². The lowest BCUT2D eigenvalue weighted by atomic mass is 9.70. The second kappa shape index (κ2) is 15.1. The highest BCUT2D eigenvalue weighted by Gasteiger charge is 2.51. The van der Waals surface area contributed by atoms with E-state index in [1.165, 1.54) is 110 Å². The van der Waals surface area contributed by atoms with Gasteiger partial charge in [0.1, 0.15) is 0 Å². The van der Waals surface area contributed by atoms with E-state index in [1.807, 2.05) is 0 Å². The van der Waals surface area contributed by atoms with E-state index >= 15 is 0 Å². The number of anilines is 3. The molecule has 0 amide bonds. The molecule has 2 aliphatic rings. The first kappa shape index (κ1) is 38.5. The van der Waals surface area contributed by atoms with Crippen molar-refractivity contribution in [1.29, 1.82) is 0 Å². The third-order valence-electron chi connectivity index (χ3n) is 14.9. The molecule has 0 aromatic heterocycles. The van der Waals surface area contributed by atoms with Crippen molar-refractivity contribution in [2.45, 2.75) is 5.41 Å². The van der Waals surface area contributed by atoms with Crippen molar-refractivity contribution in [2.75, 3.05) is 4.90 Å². The molecular weight excluding hydrogens is 819 g/mol. The van der Waals surface area contributed by atoms with Crippen molar-refractivity contribution in [3.63, 3.8) is 0 Å². The second-order valence-electron chi connectivity index (χ2n) is 18.3. The van der Waals surface area contributed by atoms with E-state index in [1.54, 1.807) is 0 Å². The molecule has 1 nitrogen and oxygen atoms in total. The lowest BCUT2D eigenvalue weighted by Gasteiger charge is -2.30. The highest BCUT2D eigenvalue weighted by atomic mass is 15.1. The van der Waals surface area contributed by atoms with Crippen molar-refractivity contribution in [1.82, 2.24) is 0 Å². The molecule has 12 aromatic rings. The highest BCUT2D eigenvalue weighted by Crippen LogP contribution is 2.63. The van der Waals surface area contributed by atoms with Crippen LogP contribution >= 0.6 is 0 Å². The molecule has 12 aromatic carbocycles. The summed E-state index contributed by atoms with van der Waals surface area (Å²) in [6, 6.07) is 96.7. The maximum Gasteiger partial charge on any atom is 0.0725 e. The Bertz CT molecular complexity index is 3860. The van der Waals surface area contributed by atoms with Gasteiger partial charge in [-0.2, -0.15) is 0 Å². The molecular formula is C67H43N. The predicted molar refractivity (Wildman–Crippen MR) is 286 cm³/mol. The van der Waals surface area contributed by atoms with E-state index in [2.05, 4.69) is 266 Å². The van der Waals surface area contributed by atoms with Crippen LogP contribution in [-0.2, 0) is 5.41 Å². The maximum atomic E-state index is 2.47. The molecule has 2 aliphatic carbocycles. The Labute approximate surface area is 396 Å². The van der Waals surface area contributed by atoms with Crippen LogP contribution in [0.3, 0.4) is 0 Å². The first-order valence-corrected chi connectivity index (χ1v) is 23.7. The van der Waals surface area contributed by atoms with E-state index in [0.29, 0.717) is 0 Å². The fourth-order valence-electron chi connectivity index (χ4n) is 11.9. The van der Waals surface area contributed by atoms with Gasteiger partial charge in [0, 0.05) is 17.1 Å². The number of nitrogens with zero attached hydrogens (tertiary/aromatic N) is 1. The minimum absolute atomic E-state index is 0.378. The van der Waals surface area contributed by atoms with Crippen LogP contribution in [0.1, 0.15) is 22.3 Å². The zero-order chi connectivity index (χ0) is 44.8. The third kappa shape index (κ3) is 5.69. The Morgan fingerprint density at radius 2 is 0.588 bits per heavy atom. The molecule has 0 radical (unpaired) electrons. The van der Waals surface area contributed by atoms with Gasteiger partial charge in [-0.3, -0.25) is 0 Å². The van der Waals surface area contributed by atoms with Gasteiger partial charge in [0.25, 0.3) is 0 Å². The van der Waals surface area contributed by atoms with E-state index in [0.717, 1.165) is 17.1 Å². The molecule has 0 saturated heterocycles. The molecule has 1 spiro atoms. The van der Waals surface area contributed by atoms with Gasteiger partial charge in [-0.05, 0) is 159 Å². The lowest BCUT2D eigenvalue weighted by molar-refractivity contribution is 0.794. The summed E-state index contributed by atoms with van der Waals surface area (Å²) >= 11 is 0. The first-order valence-electron chi connectivity index (χ1n) is 23.7. The summed E-state index contributed by atoms with van der Waals surface area (Å²) in [5.41, 5.74) is 20.8. The minimum atomic E-state index is -0.378. The van der Waals surface area contributed by atoms with Gasteiger partial charge < -0.3 is 4.90 Å². The monoisotopic (exact) mass is 861 g/mol. The normalized spacial score (nSPS) is 12.8. The van der Waals surface area contributed by atoms with E-state index < -0.39 is 0 Å². The Hall–Kier alpha value is -8.78. The summed E-state index contributed by atoms with van der Waals surface area (Å²) in [6.07, 6.45) is 0. The Balaban J connectivity index is 0.871. The molecule has 0 bridgehead atoms. The maximum absolute atomic E-state index is 2.47. The molecule has 68 heavy (non-hydrogen) atoms. The topological polar surface area (TPSA) is 3.24 Å². The van der Waals surface area contributed by atoms with Crippen molar-refractivity contribution >= 4 is 49.4 Å². The second-order valence-corrected chi connectivity index (χ2v) is 18.3. The number of hydrogen-bond donors (Lipinski definition) is 0. The summed E-state index contributed by atoms with van der Waals surface area (Å²) in [4.78, 5) is 2.39. The van der Waals surface area contributed by atoms with Crippen LogP contribution in [0.4, 0.5) is 17.1 Å². The summed E-state index contributed by atoms with van der Waals surface area (Å²) in [5.74, 6) is 0. The van der Waals surface area contributed by atoms with E-state index in [4.69, 9.17) is 0 Å². The molecule has 0 atom stereocenters. The molecule has 1 heteroatoms. The standard InChI is InChI=1S/C67H43N/c1-2-15-44(16-3-1)47-17-14-18-52(41-47)68(50-35-29-45(30-36-50)48-33-39-57-55-21-5-4-19-53(55)54-20-6-7-22-56(54)62(57)42-48)51-37-31-46(32-38-51)49-34-40-61-60-25-10-13-28-65(60)67(66(61)43-49)63-26-11-8-23-58(63)59-24-9-12-27-64(59)67/h1-43H. The first-order chi connectivity index (χ1) is 33.7. The van der Waals surface area contributed by atoms with Crippen LogP contribution in [0.5, 0.6) is 0 Å². The van der Waals surface area contributed by atoms with Crippen LogP contribution in [-0.4, -0.2) is 0 Å². The molecule has 316 valence electrons. The molecule has 0 aliphatic heterocycles. The van der Waals surface area contributed by atoms with Gasteiger partial charge in [0.15, 0.2) is 0 Å². The average Bonchev–Trinajstić information content (AvgIpc) is 3.89. The molecule has 0 N–H and O–H groups in total. The zero-order valence-electron chi connectivity index (χ0n) is 37.3. The molecule has 14 rings (SSSR count). The summed E-state index contributed by atoms with van der Waals surface area (Å²) in [5, 5.41) is 7.72. The van der Waals surface area contributed by atoms with Crippen molar-refractivity contribution < 1.29 is 0 Å². The largest absolute Gasteiger partial charge is 0.310 e. The van der Waals surface area contributed by atoms with E-state index in [9.17, 15) is 0 Å². The fourth-order valence-corrected chi connectivity index (χ4v) is 11.9. The molecule has 0 unspecified atom stereocenters. The fraction of sp³-hybridized carbons (Fsp3) is 0.0149. The summed E-state index contributed by atoms with van der Waals surface area (Å²) < 4.78 is 0. The highest BCUT2D eigenvalue weighted by molar-refractivity contribution is 6.25. The Morgan fingerprint density at radius 1 is 0.206 bits per heavy atom. The van der Waals surface area contributed by atoms with Crippen LogP contribution < -0.4 is 4.90 Å². The van der Waals surface area contributed by atoms with Crippen molar-refractivity contribution in [2.24, 2.45) is 0 Å². The van der Waals surface area contributed by atoms with Gasteiger partial charge in [-0.25, -0.2) is 0 Å². The zero-order valence-corrected chi connectivity index (χ0v) is 37.3. The number of rotatable bonds is 6. The number of fused-ring (bicyclic) bond motifs is 16. The molecule has 0 saturated carbocycles. The smallest absolute Gasteiger partial charge is 0.0725 e. The van der Waals surface area contributed by atoms with Crippen LogP contribution in [0, 0.1) is 0 Å². The number of hydrogen-bond acceptors (Lipinski definition) is 1. The minimum Gasteiger partial charge on any atom is -0.310 e. The quantitative estimate of drug-likeness (QED) is 0.151. The van der Waals surface area contributed by atoms with Gasteiger partial charge in [0.2, 0.25) is 0 Å². The van der Waals surface area contributed by atoms with Gasteiger partial charge in [-0.1, -0.05) is 212 Å².